The van der Waals surface area contributed by atoms with E-state index in [0.717, 1.165) is 12.0 Å². The fourth-order valence-corrected chi connectivity index (χ4v) is 6.09. The molecule has 5 rings (SSSR count). The Labute approximate surface area is 185 Å². The smallest absolute Gasteiger partial charge is 0.462 e. The van der Waals surface area contributed by atoms with E-state index in [-0.39, 0.29) is 30.1 Å². The van der Waals surface area contributed by atoms with Crippen LogP contribution < -0.4 is 9.47 Å². The van der Waals surface area contributed by atoms with Crippen molar-refractivity contribution in [2.24, 2.45) is 11.8 Å². The van der Waals surface area contributed by atoms with Crippen LogP contribution in [0.5, 0.6) is 11.5 Å². The molecule has 4 atom stereocenters. The summed E-state index contributed by atoms with van der Waals surface area (Å²) >= 11 is 0. The summed E-state index contributed by atoms with van der Waals surface area (Å²) in [5.74, 6) is 1.15. The number of rotatable bonds is 3. The van der Waals surface area contributed by atoms with Crippen molar-refractivity contribution in [1.29, 1.82) is 0 Å². The third-order valence-electron chi connectivity index (χ3n) is 8.19. The Balaban J connectivity index is 1.60. The van der Waals surface area contributed by atoms with Crippen molar-refractivity contribution in [2.75, 3.05) is 7.11 Å². The number of cyclic esters (lactones) is 1. The minimum atomic E-state index is -1.03. The number of hydrogen-bond donors (Lipinski definition) is 0. The van der Waals surface area contributed by atoms with Gasteiger partial charge < -0.3 is 23.5 Å². The number of methoxy groups -OCH3 is 1. The number of hydrogen-bond acceptors (Lipinski definition) is 6. The molecule has 0 N–H and O–H groups in total. The molecule has 3 fully saturated rings. The second-order valence-corrected chi connectivity index (χ2v) is 11.0. The molecule has 168 valence electrons. The number of carbonyl (C=O) groups excluding carboxylic acids is 1. The van der Waals surface area contributed by atoms with Crippen LogP contribution in [0.3, 0.4) is 0 Å². The molecule has 0 amide bonds. The summed E-state index contributed by atoms with van der Waals surface area (Å²) in [6, 6.07) is 3.93. The fourth-order valence-electron chi connectivity index (χ4n) is 6.09. The highest BCUT2D eigenvalue weighted by atomic mass is 16.7. The molecular weight excluding hydrogens is 395 g/mol. The summed E-state index contributed by atoms with van der Waals surface area (Å²) in [6.45, 7) is 11.9. The van der Waals surface area contributed by atoms with Crippen molar-refractivity contribution in [2.45, 2.75) is 89.5 Å². The third kappa shape index (κ3) is 3.11. The van der Waals surface area contributed by atoms with Gasteiger partial charge in [0.15, 0.2) is 0 Å². The molecule has 0 spiro atoms. The zero-order chi connectivity index (χ0) is 22.3. The van der Waals surface area contributed by atoms with E-state index in [0.29, 0.717) is 28.9 Å². The van der Waals surface area contributed by atoms with Crippen LogP contribution in [-0.4, -0.2) is 37.2 Å². The highest BCUT2D eigenvalue weighted by Gasteiger charge is 2.62. The van der Waals surface area contributed by atoms with Crippen LogP contribution in [-0.2, 0) is 14.0 Å². The zero-order valence-electron chi connectivity index (χ0n) is 19.6. The normalized spacial score (nSPS) is 34.3. The van der Waals surface area contributed by atoms with Gasteiger partial charge in [0.25, 0.3) is 0 Å². The summed E-state index contributed by atoms with van der Waals surface area (Å²) < 4.78 is 30.3. The maximum absolute atomic E-state index is 12.9. The lowest BCUT2D eigenvalue weighted by molar-refractivity contribution is -0.128. The Hall–Kier alpha value is -1.73. The van der Waals surface area contributed by atoms with Crippen molar-refractivity contribution in [3.05, 3.63) is 23.3 Å². The van der Waals surface area contributed by atoms with Gasteiger partial charge in [0.1, 0.15) is 17.1 Å². The van der Waals surface area contributed by atoms with Crippen LogP contribution in [0.4, 0.5) is 0 Å². The van der Waals surface area contributed by atoms with E-state index in [1.54, 1.807) is 21.0 Å². The van der Waals surface area contributed by atoms with E-state index < -0.39 is 11.8 Å². The Morgan fingerprint density at radius 2 is 1.61 bits per heavy atom. The van der Waals surface area contributed by atoms with E-state index in [9.17, 15) is 4.79 Å². The number of carbonyl (C=O) groups is 1. The number of fused-ring (bicyclic) bond motifs is 3. The van der Waals surface area contributed by atoms with Gasteiger partial charge in [-0.05, 0) is 69.9 Å². The van der Waals surface area contributed by atoms with Crippen LogP contribution >= 0.6 is 0 Å². The Morgan fingerprint density at radius 1 is 0.968 bits per heavy atom. The topological polar surface area (TPSA) is 63.2 Å². The van der Waals surface area contributed by atoms with Crippen molar-refractivity contribution in [1.82, 2.24) is 0 Å². The molecule has 31 heavy (non-hydrogen) atoms. The van der Waals surface area contributed by atoms with E-state index >= 15 is 0 Å². The first-order valence-electron chi connectivity index (χ1n) is 11.4. The molecule has 4 unspecified atom stereocenters. The van der Waals surface area contributed by atoms with Gasteiger partial charge in [0.05, 0.1) is 18.3 Å². The quantitative estimate of drug-likeness (QED) is 0.501. The molecule has 2 saturated carbocycles. The first kappa shape index (κ1) is 21.1. The van der Waals surface area contributed by atoms with Crippen LogP contribution in [0.1, 0.15) is 82.6 Å². The summed E-state index contributed by atoms with van der Waals surface area (Å²) in [5.41, 5.74) is 0.694. The standard InChI is InChI=1S/C24H33BO6/c1-22(2)23(3,4)31-25(30-22)19-14-9-8-13(12-14)17(19)15-10-11-16(27-7)18-20(15)28-24(5,6)29-21(18)26/h10-11,13-14,17,19H,8-9,12H2,1-7H3. The predicted octanol–water partition coefficient (Wildman–Crippen LogP) is 4.96. The summed E-state index contributed by atoms with van der Waals surface area (Å²) in [6.07, 6.45) is 3.54. The largest absolute Gasteiger partial charge is 0.496 e. The second kappa shape index (κ2) is 6.64. The molecule has 1 aromatic rings. The van der Waals surface area contributed by atoms with Crippen molar-refractivity contribution >= 4 is 13.1 Å². The fraction of sp³-hybridized carbons (Fsp3) is 0.708. The van der Waals surface area contributed by atoms with Crippen LogP contribution in [0.2, 0.25) is 5.82 Å². The maximum atomic E-state index is 12.9. The highest BCUT2D eigenvalue weighted by molar-refractivity contribution is 6.48. The first-order valence-corrected chi connectivity index (χ1v) is 11.4. The first-order chi connectivity index (χ1) is 14.4. The van der Waals surface area contributed by atoms with Gasteiger partial charge in [-0.1, -0.05) is 12.5 Å². The van der Waals surface area contributed by atoms with Gasteiger partial charge in [0, 0.05) is 19.7 Å². The lowest BCUT2D eigenvalue weighted by atomic mass is 9.57. The summed E-state index contributed by atoms with van der Waals surface area (Å²) in [4.78, 5) is 12.9. The molecule has 2 aliphatic carbocycles. The number of esters is 1. The molecule has 0 radical (unpaired) electrons. The van der Waals surface area contributed by atoms with Gasteiger partial charge in [-0.3, -0.25) is 0 Å². The van der Waals surface area contributed by atoms with Crippen LogP contribution in [0.25, 0.3) is 0 Å². The molecule has 2 heterocycles. The molecular formula is C24H33BO6. The number of ether oxygens (including phenoxy) is 3. The van der Waals surface area contributed by atoms with Gasteiger partial charge in [-0.2, -0.15) is 0 Å². The average Bonchev–Trinajstić information content (AvgIpc) is 3.31. The molecule has 6 nitrogen and oxygen atoms in total. The lowest BCUT2D eigenvalue weighted by Crippen LogP contribution is -2.41. The highest BCUT2D eigenvalue weighted by Crippen LogP contribution is 2.64. The Kier molecular flexibility index (Phi) is 4.53. The third-order valence-corrected chi connectivity index (χ3v) is 8.19. The number of benzene rings is 1. The molecule has 7 heteroatoms. The van der Waals surface area contributed by atoms with E-state index in [1.807, 2.05) is 6.07 Å². The van der Waals surface area contributed by atoms with Gasteiger partial charge in [-0.15, -0.1) is 0 Å². The Bertz CT molecular complexity index is 907. The van der Waals surface area contributed by atoms with E-state index in [2.05, 4.69) is 33.8 Å². The average molecular weight is 428 g/mol. The van der Waals surface area contributed by atoms with Crippen LogP contribution in [0, 0.1) is 11.8 Å². The molecule has 4 aliphatic rings. The molecule has 2 bridgehead atoms. The molecule has 1 saturated heterocycles. The predicted molar refractivity (Wildman–Crippen MR) is 117 cm³/mol. The Morgan fingerprint density at radius 3 is 2.26 bits per heavy atom. The van der Waals surface area contributed by atoms with Crippen molar-refractivity contribution in [3.8, 4) is 11.5 Å². The van der Waals surface area contributed by atoms with Crippen molar-refractivity contribution < 1.29 is 28.3 Å². The van der Waals surface area contributed by atoms with Crippen molar-refractivity contribution in [3.63, 3.8) is 0 Å². The van der Waals surface area contributed by atoms with Crippen LogP contribution in [0.15, 0.2) is 12.1 Å². The molecule has 0 aromatic heterocycles. The summed E-state index contributed by atoms with van der Waals surface area (Å²) in [7, 11) is 1.29. The molecule has 1 aromatic carbocycles. The van der Waals surface area contributed by atoms with E-state index in [4.69, 9.17) is 23.5 Å². The van der Waals surface area contributed by atoms with E-state index in [1.165, 1.54) is 12.8 Å². The molecule has 2 aliphatic heterocycles. The zero-order valence-corrected chi connectivity index (χ0v) is 19.6. The van der Waals surface area contributed by atoms with Gasteiger partial charge in [0.2, 0.25) is 5.79 Å². The summed E-state index contributed by atoms with van der Waals surface area (Å²) in [5, 5.41) is 0. The lowest BCUT2D eigenvalue weighted by Gasteiger charge is -2.38. The SMILES string of the molecule is COc1ccc(C2C3CCC(C3)C2B2OC(C)(C)C(C)(C)O2)c2c1C(=O)OC(C)(C)O2. The minimum absolute atomic E-state index is 0.204. The second-order valence-electron chi connectivity index (χ2n) is 11.0. The van der Waals surface area contributed by atoms with Gasteiger partial charge in [-0.25, -0.2) is 4.79 Å². The van der Waals surface area contributed by atoms with Gasteiger partial charge >= 0.3 is 13.1 Å². The minimum Gasteiger partial charge on any atom is -0.496 e. The maximum Gasteiger partial charge on any atom is 0.462 e. The monoisotopic (exact) mass is 428 g/mol.